The number of rotatable bonds is 8. The van der Waals surface area contributed by atoms with Gasteiger partial charge in [0.25, 0.3) is 0 Å². The third-order valence-electron chi connectivity index (χ3n) is 5.08. The summed E-state index contributed by atoms with van der Waals surface area (Å²) in [5.74, 6) is 0.425. The van der Waals surface area contributed by atoms with Crippen LogP contribution in [0.25, 0.3) is 0 Å². The van der Waals surface area contributed by atoms with E-state index in [-0.39, 0.29) is 6.10 Å². The van der Waals surface area contributed by atoms with E-state index in [0.29, 0.717) is 17.9 Å². The van der Waals surface area contributed by atoms with Crippen molar-refractivity contribution in [2.75, 3.05) is 13.2 Å². The highest BCUT2D eigenvalue weighted by Gasteiger charge is 2.36. The first-order valence-corrected chi connectivity index (χ1v) is 9.04. The maximum atomic E-state index is 9.94. The first-order valence-electron chi connectivity index (χ1n) is 9.04. The molecule has 2 rings (SSSR count). The van der Waals surface area contributed by atoms with Crippen LogP contribution in [0.1, 0.15) is 51.5 Å². The van der Waals surface area contributed by atoms with Crippen molar-refractivity contribution < 1.29 is 9.84 Å². The van der Waals surface area contributed by atoms with Gasteiger partial charge in [-0.1, -0.05) is 44.2 Å². The second-order valence-electron chi connectivity index (χ2n) is 7.79. The van der Waals surface area contributed by atoms with Gasteiger partial charge in [-0.2, -0.15) is 0 Å². The number of aliphatic hydroxyl groups excluding tert-OH is 1. The minimum absolute atomic E-state index is 0.278. The molecule has 3 heteroatoms. The van der Waals surface area contributed by atoms with E-state index >= 15 is 0 Å². The Morgan fingerprint density at radius 1 is 1.30 bits per heavy atom. The lowest BCUT2D eigenvalue weighted by Gasteiger charge is -2.41. The summed E-state index contributed by atoms with van der Waals surface area (Å²) in [6, 6.07) is 10.6. The summed E-state index contributed by atoms with van der Waals surface area (Å²) < 4.78 is 6.20. The molecule has 1 unspecified atom stereocenters. The topological polar surface area (TPSA) is 55.5 Å². The van der Waals surface area contributed by atoms with E-state index in [1.807, 2.05) is 0 Å². The van der Waals surface area contributed by atoms with Gasteiger partial charge in [-0.25, -0.2) is 0 Å². The van der Waals surface area contributed by atoms with Crippen molar-refractivity contribution in [1.82, 2.24) is 0 Å². The van der Waals surface area contributed by atoms with Crippen LogP contribution in [0.15, 0.2) is 30.3 Å². The minimum atomic E-state index is -0.399. The summed E-state index contributed by atoms with van der Waals surface area (Å²) in [6.45, 7) is 5.79. The first kappa shape index (κ1) is 18.4. The fourth-order valence-electron chi connectivity index (χ4n) is 3.77. The van der Waals surface area contributed by atoms with Gasteiger partial charge in [0.05, 0.1) is 12.2 Å². The zero-order valence-corrected chi connectivity index (χ0v) is 14.7. The normalized spacial score (nSPS) is 25.2. The van der Waals surface area contributed by atoms with Crippen LogP contribution in [0.3, 0.4) is 0 Å². The Morgan fingerprint density at radius 2 is 2.04 bits per heavy atom. The molecule has 130 valence electrons. The molecule has 3 N–H and O–H groups in total. The maximum Gasteiger partial charge on any atom is 0.0666 e. The lowest BCUT2D eigenvalue weighted by molar-refractivity contribution is -0.0524. The van der Waals surface area contributed by atoms with Crippen LogP contribution in [-0.4, -0.2) is 30.5 Å². The highest BCUT2D eigenvalue weighted by Crippen LogP contribution is 2.41. The van der Waals surface area contributed by atoms with Crippen LogP contribution in [0.2, 0.25) is 0 Å². The molecule has 1 aromatic rings. The van der Waals surface area contributed by atoms with Crippen LogP contribution in [0.5, 0.6) is 0 Å². The summed E-state index contributed by atoms with van der Waals surface area (Å²) in [5, 5.41) is 9.94. The Hall–Kier alpha value is -0.900. The van der Waals surface area contributed by atoms with E-state index in [2.05, 4.69) is 44.2 Å². The predicted molar refractivity (Wildman–Crippen MR) is 95.3 cm³/mol. The van der Waals surface area contributed by atoms with Crippen molar-refractivity contribution >= 4 is 0 Å². The van der Waals surface area contributed by atoms with E-state index in [9.17, 15) is 5.11 Å². The van der Waals surface area contributed by atoms with Crippen LogP contribution >= 0.6 is 0 Å². The smallest absolute Gasteiger partial charge is 0.0666 e. The van der Waals surface area contributed by atoms with E-state index in [0.717, 1.165) is 38.7 Å². The number of hydrogen-bond donors (Lipinski definition) is 2. The second-order valence-corrected chi connectivity index (χ2v) is 7.79. The SMILES string of the molecule is CC1(C)CC[C@@H](OCCCc2ccccc2)[C@H](CC(O)CN)C1. The van der Waals surface area contributed by atoms with Crippen LogP contribution in [0, 0.1) is 11.3 Å². The molecule has 1 aromatic carbocycles. The molecule has 0 radical (unpaired) electrons. The van der Waals surface area contributed by atoms with Crippen molar-refractivity contribution in [3.05, 3.63) is 35.9 Å². The molecule has 0 saturated heterocycles. The fourth-order valence-corrected chi connectivity index (χ4v) is 3.77. The molecule has 3 nitrogen and oxygen atoms in total. The lowest BCUT2D eigenvalue weighted by atomic mass is 9.69. The van der Waals surface area contributed by atoms with E-state index in [1.165, 1.54) is 12.0 Å². The Morgan fingerprint density at radius 3 is 2.74 bits per heavy atom. The molecule has 1 aliphatic rings. The first-order chi connectivity index (χ1) is 11.0. The zero-order valence-electron chi connectivity index (χ0n) is 14.7. The van der Waals surface area contributed by atoms with Crippen molar-refractivity contribution in [2.45, 2.75) is 64.6 Å². The quantitative estimate of drug-likeness (QED) is 0.721. The van der Waals surface area contributed by atoms with Gasteiger partial charge in [0, 0.05) is 13.2 Å². The van der Waals surface area contributed by atoms with Crippen molar-refractivity contribution in [1.29, 1.82) is 0 Å². The lowest BCUT2D eigenvalue weighted by Crippen LogP contribution is -2.38. The van der Waals surface area contributed by atoms with Gasteiger partial charge < -0.3 is 15.6 Å². The Kier molecular flexibility index (Phi) is 7.07. The van der Waals surface area contributed by atoms with E-state index in [4.69, 9.17) is 10.5 Å². The molecule has 23 heavy (non-hydrogen) atoms. The molecule has 0 amide bonds. The Balaban J connectivity index is 1.79. The van der Waals surface area contributed by atoms with Gasteiger partial charge in [0.15, 0.2) is 0 Å². The van der Waals surface area contributed by atoms with Crippen molar-refractivity contribution in [3.8, 4) is 0 Å². The number of aryl methyl sites for hydroxylation is 1. The molecule has 0 aromatic heterocycles. The number of ether oxygens (including phenoxy) is 1. The van der Waals surface area contributed by atoms with Gasteiger partial charge in [-0.05, 0) is 55.4 Å². The molecule has 0 aliphatic heterocycles. The average Bonchev–Trinajstić information content (AvgIpc) is 2.53. The minimum Gasteiger partial charge on any atom is -0.392 e. The zero-order chi connectivity index (χ0) is 16.7. The summed E-state index contributed by atoms with van der Waals surface area (Å²) in [5.41, 5.74) is 7.32. The molecular weight excluding hydrogens is 286 g/mol. The molecular formula is C20H33NO2. The van der Waals surface area contributed by atoms with Crippen LogP contribution in [0.4, 0.5) is 0 Å². The fraction of sp³-hybridized carbons (Fsp3) is 0.700. The number of hydrogen-bond acceptors (Lipinski definition) is 3. The van der Waals surface area contributed by atoms with E-state index in [1.54, 1.807) is 0 Å². The predicted octanol–water partition coefficient (Wildman–Crippen LogP) is 3.54. The maximum absolute atomic E-state index is 9.94. The second kappa shape index (κ2) is 8.81. The number of aliphatic hydroxyl groups is 1. The average molecular weight is 319 g/mol. The van der Waals surface area contributed by atoms with Gasteiger partial charge in [0.1, 0.15) is 0 Å². The standard InChI is InChI=1S/C20H33NO2/c1-20(2)11-10-19(17(14-20)13-18(22)15-21)23-12-6-9-16-7-4-3-5-8-16/h3-5,7-8,17-19,22H,6,9-15,21H2,1-2H3/t17-,18?,19-/m1/s1. The summed E-state index contributed by atoms with van der Waals surface area (Å²) in [7, 11) is 0. The van der Waals surface area contributed by atoms with Crippen LogP contribution < -0.4 is 5.73 Å². The molecule has 0 heterocycles. The summed E-state index contributed by atoms with van der Waals surface area (Å²) in [4.78, 5) is 0. The molecule has 3 atom stereocenters. The van der Waals surface area contributed by atoms with Crippen LogP contribution in [-0.2, 0) is 11.2 Å². The van der Waals surface area contributed by atoms with E-state index < -0.39 is 6.10 Å². The largest absolute Gasteiger partial charge is 0.392 e. The monoisotopic (exact) mass is 319 g/mol. The highest BCUT2D eigenvalue weighted by atomic mass is 16.5. The molecule has 1 aliphatic carbocycles. The molecule has 0 spiro atoms. The van der Waals surface area contributed by atoms with Gasteiger partial charge >= 0.3 is 0 Å². The van der Waals surface area contributed by atoms with Gasteiger partial charge in [-0.15, -0.1) is 0 Å². The molecule has 1 saturated carbocycles. The summed E-state index contributed by atoms with van der Waals surface area (Å²) in [6.07, 6.45) is 6.18. The Bertz CT molecular complexity index is 446. The third kappa shape index (κ3) is 6.25. The number of nitrogens with two attached hydrogens (primary N) is 1. The third-order valence-corrected chi connectivity index (χ3v) is 5.08. The van der Waals surface area contributed by atoms with Crippen molar-refractivity contribution in [3.63, 3.8) is 0 Å². The highest BCUT2D eigenvalue weighted by molar-refractivity contribution is 5.14. The van der Waals surface area contributed by atoms with Crippen molar-refractivity contribution in [2.24, 2.45) is 17.1 Å². The Labute approximate surface area is 141 Å². The summed E-state index contributed by atoms with van der Waals surface area (Å²) >= 11 is 0. The van der Waals surface area contributed by atoms with Gasteiger partial charge in [-0.3, -0.25) is 0 Å². The molecule has 0 bridgehead atoms. The molecule has 1 fully saturated rings. The van der Waals surface area contributed by atoms with Gasteiger partial charge in [0.2, 0.25) is 0 Å². The number of benzene rings is 1.